The fraction of sp³-hybridized carbons (Fsp3) is 0.568. The Morgan fingerprint density at radius 2 is 1.07 bits per heavy atom. The minimum Gasteiger partial charge on any atom is -0.496 e. The van der Waals surface area contributed by atoms with Gasteiger partial charge in [-0.25, -0.2) is 0 Å². The van der Waals surface area contributed by atoms with E-state index in [-0.39, 0.29) is 7.92 Å². The first kappa shape index (κ1) is 30.8. The molecule has 0 unspecified atom stereocenters. The molecule has 2 nitrogen and oxygen atoms in total. The van der Waals surface area contributed by atoms with Crippen LogP contribution in [-0.2, 0) is 0 Å². The van der Waals surface area contributed by atoms with Crippen LogP contribution in [-0.4, -0.2) is 31.2 Å². The Kier molecular flexibility index (Phi) is 10.4. The van der Waals surface area contributed by atoms with Crippen molar-refractivity contribution < 1.29 is 9.47 Å². The van der Waals surface area contributed by atoms with E-state index in [1.54, 1.807) is 25.1 Å². The quantitative estimate of drug-likeness (QED) is 0.271. The predicted octanol–water partition coefficient (Wildman–Crippen LogP) is 10.1. The first-order valence-electron chi connectivity index (χ1n) is 16.1. The van der Waals surface area contributed by atoms with E-state index < -0.39 is 7.92 Å². The number of hydrogen-bond acceptors (Lipinski definition) is 2. The van der Waals surface area contributed by atoms with E-state index in [4.69, 9.17) is 9.47 Å². The number of allylic oxidation sites excluding steroid dienone is 4. The van der Waals surface area contributed by atoms with Crippen LogP contribution in [0.25, 0.3) is 0 Å². The molecular weight excluding hydrogens is 538 g/mol. The van der Waals surface area contributed by atoms with E-state index in [0.29, 0.717) is 5.66 Å². The predicted molar refractivity (Wildman–Crippen MR) is 182 cm³/mol. The summed E-state index contributed by atoms with van der Waals surface area (Å²) in [4.78, 5) is 0. The Bertz CT molecular complexity index is 1160. The second-order valence-corrected chi connectivity index (χ2v) is 18.1. The van der Waals surface area contributed by atoms with Gasteiger partial charge in [0.2, 0.25) is 0 Å². The second-order valence-electron chi connectivity index (χ2n) is 12.8. The van der Waals surface area contributed by atoms with Gasteiger partial charge in [-0.15, -0.1) is 0 Å². The van der Waals surface area contributed by atoms with Crippen LogP contribution < -0.4 is 20.1 Å². The third-order valence-electron chi connectivity index (χ3n) is 9.94. The molecule has 2 saturated carbocycles. The summed E-state index contributed by atoms with van der Waals surface area (Å²) in [6.45, 7) is 11.5. The van der Waals surface area contributed by atoms with E-state index in [2.05, 4.69) is 71.0 Å². The van der Waals surface area contributed by atoms with E-state index >= 15 is 0 Å². The van der Waals surface area contributed by atoms with Gasteiger partial charge < -0.3 is 9.47 Å². The van der Waals surface area contributed by atoms with Gasteiger partial charge in [0, 0.05) is 0 Å². The van der Waals surface area contributed by atoms with Crippen LogP contribution in [0.2, 0.25) is 0 Å². The monoisotopic (exact) mass is 590 g/mol. The highest BCUT2D eigenvalue weighted by molar-refractivity contribution is 7.77. The minimum atomic E-state index is -0.691. The highest BCUT2D eigenvalue weighted by Gasteiger charge is 2.38. The van der Waals surface area contributed by atoms with E-state index in [9.17, 15) is 0 Å². The van der Waals surface area contributed by atoms with Crippen LogP contribution in [0, 0.1) is 27.7 Å². The lowest BCUT2D eigenvalue weighted by Crippen LogP contribution is -2.27. The normalized spacial score (nSPS) is 19.4. The topological polar surface area (TPSA) is 18.5 Å². The maximum absolute atomic E-state index is 5.80. The molecular formula is C37H52O2P2. The molecule has 0 aromatic heterocycles. The van der Waals surface area contributed by atoms with Crippen molar-refractivity contribution in [1.29, 1.82) is 0 Å². The summed E-state index contributed by atoms with van der Waals surface area (Å²) in [6.07, 6.45) is 20.8. The summed E-state index contributed by atoms with van der Waals surface area (Å²) in [7, 11) is 2.88. The van der Waals surface area contributed by atoms with Crippen LogP contribution in [0.3, 0.4) is 0 Å². The van der Waals surface area contributed by atoms with Crippen LogP contribution in [0.4, 0.5) is 0 Å². The fourth-order valence-electron chi connectivity index (χ4n) is 8.16. The standard InChI is InChI=1S/C37H52O2P2/c1-25-21-32(22-26(2)36(25)38-6)41(33-23-27(3)37(39-7)28(4)24-33)35-20-14-19-34(35)29(5)40(30-15-10-8-11-16-30)31-17-12-9-13-18-31/h14,20-24,29-31H,8-13,15-19H2,1-7H3/t29-/m1/s1. The number of rotatable bonds is 9. The highest BCUT2D eigenvalue weighted by Crippen LogP contribution is 2.63. The lowest BCUT2D eigenvalue weighted by molar-refractivity contribution is 0.408. The van der Waals surface area contributed by atoms with Crippen molar-refractivity contribution in [1.82, 2.24) is 0 Å². The van der Waals surface area contributed by atoms with Crippen LogP contribution in [0.15, 0.2) is 47.3 Å². The maximum Gasteiger partial charge on any atom is 0.124 e. The van der Waals surface area contributed by atoms with Gasteiger partial charge in [-0.1, -0.05) is 71.1 Å². The SMILES string of the molecule is COc1c(C)cc(P(C2=C([C@@H](C)P(C3CCCCC3)C3CCCCC3)CC=C2)c2cc(C)c(OC)c(C)c2)cc1C. The molecule has 0 bridgehead atoms. The summed E-state index contributed by atoms with van der Waals surface area (Å²) in [5, 5.41) is 4.52. The summed E-state index contributed by atoms with van der Waals surface area (Å²) in [5.74, 6) is 2.04. The Morgan fingerprint density at radius 3 is 1.46 bits per heavy atom. The maximum atomic E-state index is 5.80. The molecule has 0 heterocycles. The Morgan fingerprint density at radius 1 is 0.659 bits per heavy atom. The number of aryl methyl sites for hydroxylation is 4. The summed E-state index contributed by atoms with van der Waals surface area (Å²) < 4.78 is 11.6. The second kappa shape index (κ2) is 13.8. The number of methoxy groups -OCH3 is 2. The zero-order valence-electron chi connectivity index (χ0n) is 26.7. The van der Waals surface area contributed by atoms with Crippen molar-refractivity contribution in [2.24, 2.45) is 0 Å². The summed E-state index contributed by atoms with van der Waals surface area (Å²) >= 11 is 0. The number of benzene rings is 2. The average molecular weight is 591 g/mol. The highest BCUT2D eigenvalue weighted by atomic mass is 31.1. The van der Waals surface area contributed by atoms with Crippen molar-refractivity contribution >= 4 is 26.5 Å². The molecule has 0 aliphatic heterocycles. The smallest absolute Gasteiger partial charge is 0.124 e. The van der Waals surface area contributed by atoms with Crippen molar-refractivity contribution in [2.75, 3.05) is 14.2 Å². The number of ether oxygens (including phenoxy) is 2. The van der Waals surface area contributed by atoms with Crippen molar-refractivity contribution in [3.8, 4) is 11.5 Å². The van der Waals surface area contributed by atoms with E-state index in [1.807, 2.05) is 0 Å². The molecule has 41 heavy (non-hydrogen) atoms. The number of hydrogen-bond donors (Lipinski definition) is 0. The van der Waals surface area contributed by atoms with Crippen molar-refractivity contribution in [2.45, 2.75) is 122 Å². The molecule has 2 fully saturated rings. The third kappa shape index (κ3) is 6.50. The van der Waals surface area contributed by atoms with Gasteiger partial charge in [0.1, 0.15) is 11.5 Å². The Hall–Kier alpha value is -1.62. The molecule has 2 aromatic carbocycles. The molecule has 0 amide bonds. The first-order valence-corrected chi connectivity index (χ1v) is 19.0. The van der Waals surface area contributed by atoms with E-state index in [0.717, 1.165) is 29.2 Å². The molecule has 0 radical (unpaired) electrons. The lowest BCUT2D eigenvalue weighted by atomic mass is 9.99. The third-order valence-corrected chi connectivity index (χ3v) is 16.3. The Balaban J connectivity index is 1.64. The lowest BCUT2D eigenvalue weighted by Gasteiger charge is -2.43. The molecule has 0 saturated heterocycles. The van der Waals surface area contributed by atoms with Gasteiger partial charge in [-0.3, -0.25) is 0 Å². The van der Waals surface area contributed by atoms with Gasteiger partial charge in [-0.05, 0) is 147 Å². The van der Waals surface area contributed by atoms with Gasteiger partial charge in [-0.2, -0.15) is 0 Å². The van der Waals surface area contributed by atoms with Crippen molar-refractivity contribution in [3.63, 3.8) is 0 Å². The molecule has 4 heteroatoms. The fourth-order valence-corrected chi connectivity index (χ4v) is 15.6. The molecule has 0 N–H and O–H groups in total. The zero-order chi connectivity index (χ0) is 29.1. The molecule has 1 atom stereocenters. The molecule has 0 spiro atoms. The van der Waals surface area contributed by atoms with Crippen LogP contribution >= 0.6 is 15.8 Å². The van der Waals surface area contributed by atoms with Gasteiger partial charge in [0.05, 0.1) is 14.2 Å². The average Bonchev–Trinajstić information content (AvgIpc) is 3.44. The van der Waals surface area contributed by atoms with Crippen LogP contribution in [0.5, 0.6) is 11.5 Å². The molecule has 3 aliphatic rings. The molecule has 5 rings (SSSR count). The molecule has 3 aliphatic carbocycles. The summed E-state index contributed by atoms with van der Waals surface area (Å²) in [6, 6.07) is 9.66. The van der Waals surface area contributed by atoms with Crippen LogP contribution in [0.1, 0.15) is 99.8 Å². The van der Waals surface area contributed by atoms with Gasteiger partial charge in [0.25, 0.3) is 0 Å². The summed E-state index contributed by atoms with van der Waals surface area (Å²) in [5.41, 5.74) is 9.34. The Labute approximate surface area is 252 Å². The zero-order valence-corrected chi connectivity index (χ0v) is 28.5. The largest absolute Gasteiger partial charge is 0.496 e. The van der Waals surface area contributed by atoms with Gasteiger partial charge in [0.15, 0.2) is 0 Å². The molecule has 222 valence electrons. The minimum absolute atomic E-state index is 0.0264. The van der Waals surface area contributed by atoms with Gasteiger partial charge >= 0.3 is 0 Å². The first-order chi connectivity index (χ1) is 19.8. The molecule has 2 aromatic rings. The van der Waals surface area contributed by atoms with Crippen molar-refractivity contribution in [3.05, 3.63) is 69.6 Å². The van der Waals surface area contributed by atoms with E-state index in [1.165, 1.54) is 97.1 Å².